The fourth-order valence-corrected chi connectivity index (χ4v) is 3.03. The van der Waals surface area contributed by atoms with Gasteiger partial charge in [0.2, 0.25) is 0 Å². The first-order valence-electron chi connectivity index (χ1n) is 7.45. The van der Waals surface area contributed by atoms with E-state index in [1.165, 1.54) is 12.8 Å². The van der Waals surface area contributed by atoms with Crippen LogP contribution < -0.4 is 5.32 Å². The van der Waals surface area contributed by atoms with Gasteiger partial charge in [0.15, 0.2) is 0 Å². The Kier molecular flexibility index (Phi) is 3.90. The molecule has 3 rings (SSSR count). The Bertz CT molecular complexity index is 513. The summed E-state index contributed by atoms with van der Waals surface area (Å²) < 4.78 is 0. The third-order valence-electron chi connectivity index (χ3n) is 4.36. The van der Waals surface area contributed by atoms with Gasteiger partial charge in [0, 0.05) is 37.8 Å². The highest BCUT2D eigenvalue weighted by Crippen LogP contribution is 2.42. The van der Waals surface area contributed by atoms with E-state index in [1.54, 1.807) is 12.1 Å². The SMILES string of the molecule is N#Cc1ccc(O)c([C@H](CC2CC2)N2CCNCC2)c1. The Morgan fingerprint density at radius 3 is 2.75 bits per heavy atom. The van der Waals surface area contributed by atoms with Crippen molar-refractivity contribution in [1.29, 1.82) is 5.26 Å². The standard InChI is InChI=1S/C16H21N3O/c17-11-13-3-4-16(20)14(9-13)15(10-12-1-2-12)19-7-5-18-6-8-19/h3-4,9,12,15,18,20H,1-2,5-8,10H2/t15-/m0/s1. The molecule has 2 N–H and O–H groups in total. The second-order valence-corrected chi connectivity index (χ2v) is 5.87. The predicted molar refractivity (Wildman–Crippen MR) is 77.3 cm³/mol. The quantitative estimate of drug-likeness (QED) is 0.879. The largest absolute Gasteiger partial charge is 0.508 e. The van der Waals surface area contributed by atoms with Gasteiger partial charge in [0.25, 0.3) is 0 Å². The number of hydrogen-bond acceptors (Lipinski definition) is 4. The van der Waals surface area contributed by atoms with Crippen LogP contribution in [0.25, 0.3) is 0 Å². The molecule has 1 aliphatic carbocycles. The molecule has 0 spiro atoms. The van der Waals surface area contributed by atoms with Crippen LogP contribution in [0.4, 0.5) is 0 Å². The molecule has 1 heterocycles. The van der Waals surface area contributed by atoms with E-state index >= 15 is 0 Å². The Morgan fingerprint density at radius 1 is 1.35 bits per heavy atom. The van der Waals surface area contributed by atoms with Crippen molar-refractivity contribution in [2.45, 2.75) is 25.3 Å². The van der Waals surface area contributed by atoms with Gasteiger partial charge in [-0.2, -0.15) is 5.26 Å². The lowest BCUT2D eigenvalue weighted by Gasteiger charge is -2.35. The highest BCUT2D eigenvalue weighted by Gasteiger charge is 2.31. The fourth-order valence-electron chi connectivity index (χ4n) is 3.03. The number of hydrogen-bond donors (Lipinski definition) is 2. The fraction of sp³-hybridized carbons (Fsp3) is 0.562. The molecule has 0 radical (unpaired) electrons. The number of benzene rings is 1. The molecular weight excluding hydrogens is 250 g/mol. The van der Waals surface area contributed by atoms with Crippen LogP contribution in [-0.2, 0) is 0 Å². The molecule has 1 aromatic carbocycles. The first kappa shape index (κ1) is 13.4. The minimum Gasteiger partial charge on any atom is -0.508 e. The van der Waals surface area contributed by atoms with Crippen molar-refractivity contribution in [2.24, 2.45) is 5.92 Å². The van der Waals surface area contributed by atoms with Crippen LogP contribution in [0.5, 0.6) is 5.75 Å². The molecule has 1 saturated heterocycles. The number of nitrogens with zero attached hydrogens (tertiary/aromatic N) is 2. The molecule has 2 aliphatic rings. The first-order chi connectivity index (χ1) is 9.78. The summed E-state index contributed by atoms with van der Waals surface area (Å²) in [5.74, 6) is 1.12. The van der Waals surface area contributed by atoms with Crippen molar-refractivity contribution in [2.75, 3.05) is 26.2 Å². The summed E-state index contributed by atoms with van der Waals surface area (Å²) in [6.07, 6.45) is 3.71. The second kappa shape index (κ2) is 5.82. The van der Waals surface area contributed by atoms with E-state index in [4.69, 9.17) is 5.26 Å². The number of piperazine rings is 1. The number of rotatable bonds is 4. The van der Waals surface area contributed by atoms with Crippen LogP contribution in [-0.4, -0.2) is 36.2 Å². The maximum absolute atomic E-state index is 10.2. The normalized spacial score (nSPS) is 21.4. The van der Waals surface area contributed by atoms with Gasteiger partial charge in [0.05, 0.1) is 11.6 Å². The van der Waals surface area contributed by atoms with Gasteiger partial charge in [-0.3, -0.25) is 4.90 Å². The van der Waals surface area contributed by atoms with Gasteiger partial charge in [-0.15, -0.1) is 0 Å². The van der Waals surface area contributed by atoms with Gasteiger partial charge in [-0.05, 0) is 30.5 Å². The number of phenols is 1. The molecule has 0 unspecified atom stereocenters. The Balaban J connectivity index is 1.88. The van der Waals surface area contributed by atoms with E-state index < -0.39 is 0 Å². The summed E-state index contributed by atoms with van der Waals surface area (Å²) in [4.78, 5) is 2.45. The molecule has 1 aliphatic heterocycles. The average Bonchev–Trinajstić information content (AvgIpc) is 3.31. The second-order valence-electron chi connectivity index (χ2n) is 5.87. The molecule has 0 bridgehead atoms. The Hall–Kier alpha value is -1.57. The highest BCUT2D eigenvalue weighted by atomic mass is 16.3. The van der Waals surface area contributed by atoms with E-state index in [9.17, 15) is 5.11 Å². The molecule has 20 heavy (non-hydrogen) atoms. The monoisotopic (exact) mass is 271 g/mol. The molecule has 1 saturated carbocycles. The van der Waals surface area contributed by atoms with Crippen LogP contribution in [0, 0.1) is 17.2 Å². The van der Waals surface area contributed by atoms with E-state index in [1.807, 2.05) is 6.07 Å². The molecular formula is C16H21N3O. The Labute approximate surface area is 120 Å². The molecule has 2 fully saturated rings. The molecule has 1 atom stereocenters. The van der Waals surface area contributed by atoms with E-state index in [0.29, 0.717) is 11.3 Å². The minimum atomic E-state index is 0.248. The van der Waals surface area contributed by atoms with Crippen molar-refractivity contribution in [1.82, 2.24) is 10.2 Å². The number of phenolic OH excluding ortho intramolecular Hbond substituents is 1. The van der Waals surface area contributed by atoms with Crippen molar-refractivity contribution in [3.05, 3.63) is 29.3 Å². The predicted octanol–water partition coefficient (Wildman–Crippen LogP) is 2.01. The molecule has 0 aromatic heterocycles. The smallest absolute Gasteiger partial charge is 0.120 e. The van der Waals surface area contributed by atoms with Crippen LogP contribution in [0.15, 0.2) is 18.2 Å². The van der Waals surface area contributed by atoms with Gasteiger partial charge in [0.1, 0.15) is 5.75 Å². The maximum atomic E-state index is 10.2. The average molecular weight is 271 g/mol. The number of nitrogens with one attached hydrogen (secondary N) is 1. The summed E-state index contributed by atoms with van der Waals surface area (Å²) in [6.45, 7) is 4.01. The van der Waals surface area contributed by atoms with E-state index in [0.717, 1.165) is 44.1 Å². The summed E-state index contributed by atoms with van der Waals surface area (Å²) in [5.41, 5.74) is 1.56. The molecule has 4 nitrogen and oxygen atoms in total. The van der Waals surface area contributed by atoms with Crippen molar-refractivity contribution in [3.63, 3.8) is 0 Å². The first-order valence-corrected chi connectivity index (χ1v) is 7.45. The van der Waals surface area contributed by atoms with Crippen molar-refractivity contribution < 1.29 is 5.11 Å². The van der Waals surface area contributed by atoms with Gasteiger partial charge in [-0.1, -0.05) is 12.8 Å². The molecule has 0 amide bonds. The van der Waals surface area contributed by atoms with Crippen molar-refractivity contribution in [3.8, 4) is 11.8 Å². The third-order valence-corrected chi connectivity index (χ3v) is 4.36. The molecule has 106 valence electrons. The summed E-state index contributed by atoms with van der Waals surface area (Å²) in [7, 11) is 0. The Morgan fingerprint density at radius 2 is 2.10 bits per heavy atom. The summed E-state index contributed by atoms with van der Waals surface area (Å²) in [6, 6.07) is 7.64. The third kappa shape index (κ3) is 2.95. The molecule has 1 aromatic rings. The van der Waals surface area contributed by atoms with Gasteiger partial charge < -0.3 is 10.4 Å². The zero-order valence-corrected chi connectivity index (χ0v) is 11.7. The van der Waals surface area contributed by atoms with E-state index in [2.05, 4.69) is 16.3 Å². The lowest BCUT2D eigenvalue weighted by molar-refractivity contribution is 0.158. The van der Waals surface area contributed by atoms with E-state index in [-0.39, 0.29) is 6.04 Å². The van der Waals surface area contributed by atoms with Crippen molar-refractivity contribution >= 4 is 0 Å². The van der Waals surface area contributed by atoms with Crippen LogP contribution in [0.1, 0.15) is 36.4 Å². The summed E-state index contributed by atoms with van der Waals surface area (Å²) in [5, 5.41) is 22.7. The highest BCUT2D eigenvalue weighted by molar-refractivity contribution is 5.43. The van der Waals surface area contributed by atoms with Gasteiger partial charge >= 0.3 is 0 Å². The lowest BCUT2D eigenvalue weighted by atomic mass is 9.96. The topological polar surface area (TPSA) is 59.3 Å². The zero-order chi connectivity index (χ0) is 13.9. The maximum Gasteiger partial charge on any atom is 0.120 e. The van der Waals surface area contributed by atoms with Crippen LogP contribution in [0.2, 0.25) is 0 Å². The molecule has 4 heteroatoms. The lowest BCUT2D eigenvalue weighted by Crippen LogP contribution is -2.45. The zero-order valence-electron chi connectivity index (χ0n) is 11.7. The summed E-state index contributed by atoms with van der Waals surface area (Å²) >= 11 is 0. The number of nitriles is 1. The van der Waals surface area contributed by atoms with Gasteiger partial charge in [-0.25, -0.2) is 0 Å². The number of aromatic hydroxyl groups is 1. The van der Waals surface area contributed by atoms with Crippen LogP contribution in [0.3, 0.4) is 0 Å². The van der Waals surface area contributed by atoms with Crippen LogP contribution >= 0.6 is 0 Å². The minimum absolute atomic E-state index is 0.248.